The van der Waals surface area contributed by atoms with Gasteiger partial charge in [0.15, 0.2) is 6.61 Å². The lowest BCUT2D eigenvalue weighted by atomic mass is 10.1. The van der Waals surface area contributed by atoms with E-state index in [0.717, 1.165) is 16.9 Å². The predicted molar refractivity (Wildman–Crippen MR) is 69.3 cm³/mol. The van der Waals surface area contributed by atoms with E-state index >= 15 is 0 Å². The Morgan fingerprint density at radius 1 is 1.24 bits per heavy atom. The van der Waals surface area contributed by atoms with Gasteiger partial charge in [-0.1, -0.05) is 6.07 Å². The number of carbonyl (C=O) groups excluding carboxylic acids is 1. The molecular formula is C14H21NO2. The fourth-order valence-corrected chi connectivity index (χ4v) is 1.55. The number of hydrogen-bond acceptors (Lipinski definition) is 2. The van der Waals surface area contributed by atoms with Gasteiger partial charge in [-0.15, -0.1) is 0 Å². The smallest absolute Gasteiger partial charge is 0.260 e. The minimum absolute atomic E-state index is 0.000779. The zero-order valence-electron chi connectivity index (χ0n) is 11.3. The molecule has 0 N–H and O–H groups in total. The monoisotopic (exact) mass is 235 g/mol. The summed E-state index contributed by atoms with van der Waals surface area (Å²) in [5, 5.41) is 0. The molecule has 0 unspecified atom stereocenters. The van der Waals surface area contributed by atoms with Crippen LogP contribution in [0.15, 0.2) is 18.2 Å². The highest BCUT2D eigenvalue weighted by atomic mass is 16.5. The van der Waals surface area contributed by atoms with Crippen LogP contribution in [0.4, 0.5) is 0 Å². The molecule has 0 atom stereocenters. The quantitative estimate of drug-likeness (QED) is 0.802. The molecule has 1 aromatic carbocycles. The van der Waals surface area contributed by atoms with Crippen molar-refractivity contribution in [3.8, 4) is 5.75 Å². The fraction of sp³-hybridized carbons (Fsp3) is 0.500. The molecule has 3 heteroatoms. The van der Waals surface area contributed by atoms with Crippen molar-refractivity contribution in [2.24, 2.45) is 0 Å². The Morgan fingerprint density at radius 2 is 1.76 bits per heavy atom. The van der Waals surface area contributed by atoms with Crippen LogP contribution < -0.4 is 4.74 Å². The summed E-state index contributed by atoms with van der Waals surface area (Å²) in [5.74, 6) is 0.757. The molecule has 0 bridgehead atoms. The normalized spacial score (nSPS) is 10.5. The van der Waals surface area contributed by atoms with Gasteiger partial charge in [0, 0.05) is 13.1 Å². The van der Waals surface area contributed by atoms with Crippen molar-refractivity contribution in [3.05, 3.63) is 29.3 Å². The van der Waals surface area contributed by atoms with E-state index in [9.17, 15) is 4.79 Å². The van der Waals surface area contributed by atoms with Gasteiger partial charge in [-0.3, -0.25) is 4.79 Å². The maximum Gasteiger partial charge on any atom is 0.260 e. The lowest BCUT2D eigenvalue weighted by Gasteiger charge is -2.21. The van der Waals surface area contributed by atoms with Gasteiger partial charge in [-0.25, -0.2) is 0 Å². The molecule has 0 radical (unpaired) electrons. The Bertz CT molecular complexity index is 379. The van der Waals surface area contributed by atoms with Crippen LogP contribution in [-0.2, 0) is 4.79 Å². The number of carbonyl (C=O) groups is 1. The molecule has 0 saturated heterocycles. The highest BCUT2D eigenvalue weighted by Crippen LogP contribution is 2.16. The van der Waals surface area contributed by atoms with Crippen LogP contribution >= 0.6 is 0 Å². The van der Waals surface area contributed by atoms with Gasteiger partial charge in [0.05, 0.1) is 0 Å². The van der Waals surface area contributed by atoms with Gasteiger partial charge >= 0.3 is 0 Å². The molecule has 0 fully saturated rings. The Morgan fingerprint density at radius 3 is 2.24 bits per heavy atom. The highest BCUT2D eigenvalue weighted by molar-refractivity contribution is 5.77. The van der Waals surface area contributed by atoms with Crippen molar-refractivity contribution in [3.63, 3.8) is 0 Å². The largest absolute Gasteiger partial charge is 0.484 e. The SMILES string of the molecule is Cc1cc(C)cc(OCC(=O)N(C)C(C)C)c1. The number of likely N-dealkylation sites (N-methyl/N-ethyl adjacent to an activating group) is 1. The van der Waals surface area contributed by atoms with Crippen molar-refractivity contribution < 1.29 is 9.53 Å². The van der Waals surface area contributed by atoms with E-state index in [-0.39, 0.29) is 18.6 Å². The van der Waals surface area contributed by atoms with E-state index < -0.39 is 0 Å². The third kappa shape index (κ3) is 4.10. The molecule has 0 aliphatic carbocycles. The Hall–Kier alpha value is -1.51. The molecule has 94 valence electrons. The summed E-state index contributed by atoms with van der Waals surface area (Å²) in [4.78, 5) is 13.4. The lowest BCUT2D eigenvalue weighted by molar-refractivity contribution is -0.133. The number of benzene rings is 1. The minimum atomic E-state index is -0.000779. The van der Waals surface area contributed by atoms with E-state index in [1.54, 1.807) is 11.9 Å². The van der Waals surface area contributed by atoms with Crippen molar-refractivity contribution in [1.82, 2.24) is 4.90 Å². The number of nitrogens with zero attached hydrogens (tertiary/aromatic N) is 1. The van der Waals surface area contributed by atoms with Gasteiger partial charge < -0.3 is 9.64 Å². The van der Waals surface area contributed by atoms with Crippen molar-refractivity contribution in [2.75, 3.05) is 13.7 Å². The van der Waals surface area contributed by atoms with Crippen molar-refractivity contribution in [2.45, 2.75) is 33.7 Å². The lowest BCUT2D eigenvalue weighted by Crippen LogP contribution is -2.36. The molecule has 1 aromatic rings. The summed E-state index contributed by atoms with van der Waals surface area (Å²) in [6, 6.07) is 6.16. The van der Waals surface area contributed by atoms with Gasteiger partial charge in [0.1, 0.15) is 5.75 Å². The van der Waals surface area contributed by atoms with Gasteiger partial charge in [0.25, 0.3) is 5.91 Å². The first-order chi connectivity index (χ1) is 7.90. The number of rotatable bonds is 4. The summed E-state index contributed by atoms with van der Waals surface area (Å²) in [6.07, 6.45) is 0. The first kappa shape index (κ1) is 13.6. The number of amides is 1. The molecular weight excluding hydrogens is 214 g/mol. The van der Waals surface area contributed by atoms with E-state index in [1.165, 1.54) is 0 Å². The molecule has 1 amide bonds. The molecule has 0 saturated carbocycles. The maximum absolute atomic E-state index is 11.7. The van der Waals surface area contributed by atoms with Crippen LogP contribution in [0, 0.1) is 13.8 Å². The summed E-state index contributed by atoms with van der Waals surface area (Å²) >= 11 is 0. The molecule has 1 rings (SSSR count). The van der Waals surface area contributed by atoms with Crippen LogP contribution in [0.2, 0.25) is 0 Å². The minimum Gasteiger partial charge on any atom is -0.484 e. The van der Waals surface area contributed by atoms with Crippen molar-refractivity contribution in [1.29, 1.82) is 0 Å². The number of hydrogen-bond donors (Lipinski definition) is 0. The van der Waals surface area contributed by atoms with E-state index in [2.05, 4.69) is 6.07 Å². The summed E-state index contributed by atoms with van der Waals surface area (Å²) in [6.45, 7) is 8.09. The molecule has 3 nitrogen and oxygen atoms in total. The molecule has 0 aliphatic rings. The zero-order chi connectivity index (χ0) is 13.0. The first-order valence-electron chi connectivity index (χ1n) is 5.87. The third-order valence-electron chi connectivity index (χ3n) is 2.73. The second-order valence-corrected chi connectivity index (χ2v) is 4.71. The third-order valence-corrected chi connectivity index (χ3v) is 2.73. The summed E-state index contributed by atoms with van der Waals surface area (Å²) in [7, 11) is 1.79. The van der Waals surface area contributed by atoms with Crippen LogP contribution in [0.1, 0.15) is 25.0 Å². The Balaban J connectivity index is 2.58. The Labute approximate surface area is 103 Å². The standard InChI is InChI=1S/C14H21NO2/c1-10(2)15(5)14(16)9-17-13-7-11(3)6-12(4)8-13/h6-8,10H,9H2,1-5H3. The second-order valence-electron chi connectivity index (χ2n) is 4.71. The van der Waals surface area contributed by atoms with Crippen molar-refractivity contribution >= 4 is 5.91 Å². The van der Waals surface area contributed by atoms with E-state index in [4.69, 9.17) is 4.74 Å². The Kier molecular flexibility index (Phi) is 4.55. The van der Waals surface area contributed by atoms with Crippen LogP contribution in [0.5, 0.6) is 5.75 Å². The van der Waals surface area contributed by atoms with Crippen LogP contribution in [-0.4, -0.2) is 30.5 Å². The van der Waals surface area contributed by atoms with Crippen LogP contribution in [0.25, 0.3) is 0 Å². The topological polar surface area (TPSA) is 29.5 Å². The average molecular weight is 235 g/mol. The fourth-order valence-electron chi connectivity index (χ4n) is 1.55. The molecule has 0 aliphatic heterocycles. The van der Waals surface area contributed by atoms with Gasteiger partial charge in [-0.05, 0) is 51.0 Å². The average Bonchev–Trinajstić information content (AvgIpc) is 2.23. The van der Waals surface area contributed by atoms with E-state index in [0.29, 0.717) is 0 Å². The zero-order valence-corrected chi connectivity index (χ0v) is 11.3. The van der Waals surface area contributed by atoms with Gasteiger partial charge in [-0.2, -0.15) is 0 Å². The predicted octanol–water partition coefficient (Wildman–Crippen LogP) is 2.55. The summed E-state index contributed by atoms with van der Waals surface area (Å²) < 4.78 is 5.51. The van der Waals surface area contributed by atoms with Crippen LogP contribution in [0.3, 0.4) is 0 Å². The number of aryl methyl sites for hydroxylation is 2. The number of ether oxygens (including phenoxy) is 1. The molecule has 17 heavy (non-hydrogen) atoms. The molecule has 0 spiro atoms. The van der Waals surface area contributed by atoms with Gasteiger partial charge in [0.2, 0.25) is 0 Å². The first-order valence-corrected chi connectivity index (χ1v) is 5.87. The molecule has 0 heterocycles. The molecule has 0 aromatic heterocycles. The van der Waals surface area contributed by atoms with E-state index in [1.807, 2.05) is 39.8 Å². The maximum atomic E-state index is 11.7. The second kappa shape index (κ2) is 5.71. The highest BCUT2D eigenvalue weighted by Gasteiger charge is 2.12. The summed E-state index contributed by atoms with van der Waals surface area (Å²) in [5.41, 5.74) is 2.29.